The normalized spacial score (nSPS) is 36.5. The van der Waals surface area contributed by atoms with Crippen molar-refractivity contribution in [3.63, 3.8) is 0 Å². The molecule has 2 unspecified atom stereocenters. The number of aromatic nitrogens is 2. The largest absolute Gasteiger partial charge is 0.381 e. The van der Waals surface area contributed by atoms with Gasteiger partial charge >= 0.3 is 0 Å². The summed E-state index contributed by atoms with van der Waals surface area (Å²) >= 11 is 0. The van der Waals surface area contributed by atoms with Gasteiger partial charge in [-0.1, -0.05) is 5.16 Å². The molecule has 4 rings (SSSR count). The highest BCUT2D eigenvalue weighted by Gasteiger charge is 2.41. The molecule has 3 fully saturated rings. The summed E-state index contributed by atoms with van der Waals surface area (Å²) in [6.07, 6.45) is 7.96. The van der Waals surface area contributed by atoms with Crippen LogP contribution in [-0.2, 0) is 11.3 Å². The van der Waals surface area contributed by atoms with Crippen molar-refractivity contribution in [2.75, 3.05) is 7.11 Å². The molecule has 4 atom stereocenters. The first-order chi connectivity index (χ1) is 9.81. The molecule has 1 aromatic heterocycles. The minimum Gasteiger partial charge on any atom is -0.381 e. The molecule has 0 aliphatic heterocycles. The third-order valence-corrected chi connectivity index (χ3v) is 5.27. The van der Waals surface area contributed by atoms with Gasteiger partial charge < -0.3 is 14.6 Å². The third kappa shape index (κ3) is 2.49. The Labute approximate surface area is 119 Å². The van der Waals surface area contributed by atoms with E-state index < -0.39 is 0 Å². The van der Waals surface area contributed by atoms with E-state index in [1.807, 2.05) is 7.11 Å². The minimum atomic E-state index is 0.504. The van der Waals surface area contributed by atoms with E-state index in [0.717, 1.165) is 30.1 Å². The van der Waals surface area contributed by atoms with Gasteiger partial charge in [0.25, 0.3) is 0 Å². The maximum atomic E-state index is 5.49. The molecule has 0 spiro atoms. The average molecular weight is 277 g/mol. The summed E-state index contributed by atoms with van der Waals surface area (Å²) in [6, 6.07) is 0.616. The number of hydrogen-bond acceptors (Lipinski definition) is 5. The monoisotopic (exact) mass is 277 g/mol. The lowest BCUT2D eigenvalue weighted by Gasteiger charge is -2.14. The van der Waals surface area contributed by atoms with Crippen LogP contribution in [0.2, 0.25) is 0 Å². The van der Waals surface area contributed by atoms with Gasteiger partial charge in [-0.05, 0) is 50.4 Å². The molecular formula is C15H23N3O2. The van der Waals surface area contributed by atoms with Crippen LogP contribution in [0, 0.1) is 11.8 Å². The predicted molar refractivity (Wildman–Crippen MR) is 73.1 cm³/mol. The van der Waals surface area contributed by atoms with Crippen molar-refractivity contribution in [1.82, 2.24) is 15.5 Å². The van der Waals surface area contributed by atoms with Crippen LogP contribution in [-0.4, -0.2) is 29.4 Å². The fourth-order valence-corrected chi connectivity index (χ4v) is 3.99. The Morgan fingerprint density at radius 1 is 1.20 bits per heavy atom. The maximum Gasteiger partial charge on any atom is 0.229 e. The first-order valence-electron chi connectivity index (χ1n) is 7.90. The number of ether oxygens (including phenoxy) is 1. The average Bonchev–Trinajstić information content (AvgIpc) is 2.91. The van der Waals surface area contributed by atoms with E-state index in [-0.39, 0.29) is 0 Å². The summed E-state index contributed by atoms with van der Waals surface area (Å²) in [6.45, 7) is 0.744. The molecule has 0 amide bonds. The van der Waals surface area contributed by atoms with Crippen LogP contribution in [0.1, 0.15) is 56.2 Å². The Bertz CT molecular complexity index is 457. The molecule has 5 nitrogen and oxygen atoms in total. The quantitative estimate of drug-likeness (QED) is 0.894. The molecule has 3 aliphatic carbocycles. The zero-order valence-corrected chi connectivity index (χ0v) is 12.0. The summed E-state index contributed by atoms with van der Waals surface area (Å²) < 4.78 is 10.8. The van der Waals surface area contributed by atoms with Gasteiger partial charge in [-0.15, -0.1) is 0 Å². The molecule has 1 heterocycles. The zero-order valence-electron chi connectivity index (χ0n) is 12.0. The second-order valence-corrected chi connectivity index (χ2v) is 6.72. The Morgan fingerprint density at radius 2 is 1.95 bits per heavy atom. The molecule has 3 saturated carbocycles. The standard InChI is InChI=1S/C15H23N3O2/c1-19-13-6-10-4-12(5-11(10)7-13)16-8-14-17-15(20-18-14)9-2-3-9/h9-13,16H,2-8H2,1H3/t10-,11+,12?,13?. The highest BCUT2D eigenvalue weighted by atomic mass is 16.5. The molecule has 0 bridgehead atoms. The van der Waals surface area contributed by atoms with Crippen LogP contribution in [0.15, 0.2) is 4.52 Å². The Morgan fingerprint density at radius 3 is 2.60 bits per heavy atom. The van der Waals surface area contributed by atoms with E-state index in [1.54, 1.807) is 0 Å². The summed E-state index contributed by atoms with van der Waals surface area (Å²) in [5, 5.41) is 7.67. The fraction of sp³-hybridized carbons (Fsp3) is 0.867. The number of rotatable bonds is 5. The van der Waals surface area contributed by atoms with Gasteiger partial charge in [0.15, 0.2) is 5.82 Å². The van der Waals surface area contributed by atoms with Crippen molar-refractivity contribution in [1.29, 1.82) is 0 Å². The number of methoxy groups -OCH3 is 1. The molecule has 1 aromatic rings. The predicted octanol–water partition coefficient (Wildman–Crippen LogP) is 2.24. The smallest absolute Gasteiger partial charge is 0.229 e. The van der Waals surface area contributed by atoms with Crippen LogP contribution in [0.4, 0.5) is 0 Å². The summed E-state index contributed by atoms with van der Waals surface area (Å²) in [7, 11) is 1.84. The van der Waals surface area contributed by atoms with E-state index in [4.69, 9.17) is 9.26 Å². The summed E-state index contributed by atoms with van der Waals surface area (Å²) in [4.78, 5) is 4.47. The lowest BCUT2D eigenvalue weighted by molar-refractivity contribution is 0.100. The van der Waals surface area contributed by atoms with E-state index in [1.165, 1.54) is 38.5 Å². The van der Waals surface area contributed by atoms with Gasteiger partial charge in [0.05, 0.1) is 12.6 Å². The van der Waals surface area contributed by atoms with Crippen molar-refractivity contribution in [2.24, 2.45) is 11.8 Å². The Balaban J connectivity index is 1.26. The summed E-state index contributed by atoms with van der Waals surface area (Å²) in [5.74, 6) is 3.91. The molecule has 0 aromatic carbocycles. The third-order valence-electron chi connectivity index (χ3n) is 5.27. The van der Waals surface area contributed by atoms with Crippen molar-refractivity contribution in [3.05, 3.63) is 11.7 Å². The molecule has 1 N–H and O–H groups in total. The van der Waals surface area contributed by atoms with Crippen LogP contribution < -0.4 is 5.32 Å². The molecule has 110 valence electrons. The molecular weight excluding hydrogens is 254 g/mol. The van der Waals surface area contributed by atoms with E-state index >= 15 is 0 Å². The minimum absolute atomic E-state index is 0.504. The first-order valence-corrected chi connectivity index (χ1v) is 7.90. The molecule has 20 heavy (non-hydrogen) atoms. The lowest BCUT2D eigenvalue weighted by Crippen LogP contribution is -2.27. The molecule has 5 heteroatoms. The van der Waals surface area contributed by atoms with Gasteiger partial charge in [0, 0.05) is 19.1 Å². The number of nitrogens with one attached hydrogen (secondary N) is 1. The second kappa shape index (κ2) is 5.11. The topological polar surface area (TPSA) is 60.2 Å². The van der Waals surface area contributed by atoms with Gasteiger partial charge in [-0.3, -0.25) is 0 Å². The highest BCUT2D eigenvalue weighted by molar-refractivity contribution is 5.02. The second-order valence-electron chi connectivity index (χ2n) is 6.72. The summed E-state index contributed by atoms with van der Waals surface area (Å²) in [5.41, 5.74) is 0. The molecule has 0 saturated heterocycles. The number of hydrogen-bond donors (Lipinski definition) is 1. The van der Waals surface area contributed by atoms with Crippen LogP contribution in [0.5, 0.6) is 0 Å². The van der Waals surface area contributed by atoms with Gasteiger partial charge in [-0.25, -0.2) is 0 Å². The van der Waals surface area contributed by atoms with Gasteiger partial charge in [0.1, 0.15) is 0 Å². The van der Waals surface area contributed by atoms with Gasteiger partial charge in [0.2, 0.25) is 5.89 Å². The van der Waals surface area contributed by atoms with Crippen LogP contribution in [0.3, 0.4) is 0 Å². The first kappa shape index (κ1) is 12.8. The van der Waals surface area contributed by atoms with Crippen LogP contribution in [0.25, 0.3) is 0 Å². The van der Waals surface area contributed by atoms with Crippen molar-refractivity contribution >= 4 is 0 Å². The van der Waals surface area contributed by atoms with E-state index in [9.17, 15) is 0 Å². The number of fused-ring (bicyclic) bond motifs is 1. The molecule has 0 radical (unpaired) electrons. The van der Waals surface area contributed by atoms with Crippen LogP contribution >= 0.6 is 0 Å². The lowest BCUT2D eigenvalue weighted by atomic mass is 10.0. The maximum absolute atomic E-state index is 5.49. The van der Waals surface area contributed by atoms with Crippen molar-refractivity contribution < 1.29 is 9.26 Å². The van der Waals surface area contributed by atoms with Crippen molar-refractivity contribution in [3.8, 4) is 0 Å². The Kier molecular flexibility index (Phi) is 3.27. The molecule has 3 aliphatic rings. The van der Waals surface area contributed by atoms with Gasteiger partial charge in [-0.2, -0.15) is 4.98 Å². The SMILES string of the molecule is COC1C[C@H]2CC(NCc3noc(C4CC4)n3)C[C@H]2C1. The van der Waals surface area contributed by atoms with E-state index in [0.29, 0.717) is 18.1 Å². The Hall–Kier alpha value is -0.940. The fourth-order valence-electron chi connectivity index (χ4n) is 3.99. The zero-order chi connectivity index (χ0) is 13.5. The number of nitrogens with zero attached hydrogens (tertiary/aromatic N) is 2. The van der Waals surface area contributed by atoms with Crippen molar-refractivity contribution in [2.45, 2.75) is 63.1 Å². The highest BCUT2D eigenvalue weighted by Crippen LogP contribution is 2.45. The van der Waals surface area contributed by atoms with E-state index in [2.05, 4.69) is 15.5 Å².